The van der Waals surface area contributed by atoms with E-state index in [-0.39, 0.29) is 5.97 Å². The molecule has 0 fully saturated rings. The van der Waals surface area contributed by atoms with E-state index in [2.05, 4.69) is 15.5 Å². The van der Waals surface area contributed by atoms with Crippen molar-refractivity contribution in [1.82, 2.24) is 15.5 Å². The van der Waals surface area contributed by atoms with E-state index in [1.807, 2.05) is 31.4 Å². The summed E-state index contributed by atoms with van der Waals surface area (Å²) in [5.41, 5.74) is 2.56. The first-order valence-electron chi connectivity index (χ1n) is 5.98. The third-order valence-corrected chi connectivity index (χ3v) is 3.85. The molecule has 0 saturated heterocycles. The number of nitrogens with one attached hydrogen (secondary N) is 2. The molecule has 0 aliphatic rings. The minimum absolute atomic E-state index is 0.302. The lowest BCUT2D eigenvalue weighted by Crippen LogP contribution is -2.30. The van der Waals surface area contributed by atoms with E-state index >= 15 is 0 Å². The van der Waals surface area contributed by atoms with Gasteiger partial charge in [0.15, 0.2) is 0 Å². The van der Waals surface area contributed by atoms with Crippen molar-refractivity contribution in [2.45, 2.75) is 26.4 Å². The Kier molecular flexibility index (Phi) is 4.34. The Bertz CT molecular complexity index is 529. The molecule has 0 bridgehead atoms. The van der Waals surface area contributed by atoms with E-state index in [0.717, 1.165) is 17.0 Å². The lowest BCUT2D eigenvalue weighted by Gasteiger charge is -2.16. The first kappa shape index (κ1) is 13.8. The van der Waals surface area contributed by atoms with Crippen molar-refractivity contribution in [3.8, 4) is 0 Å². The van der Waals surface area contributed by atoms with Gasteiger partial charge in [0.05, 0.1) is 12.8 Å². The molecule has 2 aromatic rings. The fourth-order valence-electron chi connectivity index (χ4n) is 2.02. The molecular weight excluding hydrogens is 262 g/mol. The molecule has 1 unspecified atom stereocenters. The number of nitrogens with zero attached hydrogens (tertiary/aromatic N) is 1. The number of carbonyl (C=O) groups is 1. The zero-order chi connectivity index (χ0) is 13.8. The number of hydrogen-bond acceptors (Lipinski definition) is 5. The van der Waals surface area contributed by atoms with E-state index in [4.69, 9.17) is 4.74 Å². The average molecular weight is 279 g/mol. The van der Waals surface area contributed by atoms with Crippen molar-refractivity contribution in [3.05, 3.63) is 39.3 Å². The van der Waals surface area contributed by atoms with Gasteiger partial charge in [-0.05, 0) is 25.3 Å². The Balaban J connectivity index is 2.19. The van der Waals surface area contributed by atoms with Crippen LogP contribution in [0.2, 0.25) is 0 Å². The van der Waals surface area contributed by atoms with E-state index in [0.29, 0.717) is 6.54 Å². The Hall–Kier alpha value is -1.66. The highest BCUT2D eigenvalue weighted by molar-refractivity contribution is 7.09. The first-order chi connectivity index (χ1) is 9.13. The van der Waals surface area contributed by atoms with E-state index in [1.165, 1.54) is 12.0 Å². The molecule has 2 N–H and O–H groups in total. The number of carbonyl (C=O) groups excluding carboxylic acids is 1. The summed E-state index contributed by atoms with van der Waals surface area (Å²) < 4.78 is 4.88. The molecule has 0 amide bonds. The second-order valence-corrected chi connectivity index (χ2v) is 5.30. The molecule has 2 aromatic heterocycles. The van der Waals surface area contributed by atoms with Gasteiger partial charge < -0.3 is 4.74 Å². The summed E-state index contributed by atoms with van der Waals surface area (Å²) in [6.45, 7) is 4.40. The van der Waals surface area contributed by atoms with Crippen molar-refractivity contribution < 1.29 is 9.53 Å². The zero-order valence-electron chi connectivity index (χ0n) is 11.2. The highest BCUT2D eigenvalue weighted by Gasteiger charge is 2.26. The Morgan fingerprint density at radius 1 is 1.58 bits per heavy atom. The van der Waals surface area contributed by atoms with Gasteiger partial charge >= 0.3 is 5.97 Å². The number of esters is 1. The van der Waals surface area contributed by atoms with Gasteiger partial charge in [0, 0.05) is 22.7 Å². The van der Waals surface area contributed by atoms with Crippen LogP contribution in [-0.2, 0) is 16.1 Å². The van der Waals surface area contributed by atoms with Crippen LogP contribution >= 0.6 is 11.3 Å². The third kappa shape index (κ3) is 3.02. The van der Waals surface area contributed by atoms with Crippen LogP contribution in [0.4, 0.5) is 0 Å². The number of aryl methyl sites for hydroxylation is 2. The summed E-state index contributed by atoms with van der Waals surface area (Å²) in [7, 11) is 1.40. The molecule has 0 spiro atoms. The monoisotopic (exact) mass is 279 g/mol. The number of aromatic nitrogens is 2. The molecule has 19 heavy (non-hydrogen) atoms. The number of aromatic amines is 1. The Morgan fingerprint density at radius 2 is 2.37 bits per heavy atom. The number of rotatable bonds is 5. The standard InChI is InChI=1S/C13H17N3O2S/c1-8-11(9(2)16-15-8)12(13(17)18-3)14-7-10-5-4-6-19-10/h4-6,12,14H,7H2,1-3H3,(H,15,16). The van der Waals surface area contributed by atoms with Crippen LogP contribution in [0.3, 0.4) is 0 Å². The van der Waals surface area contributed by atoms with Crippen LogP contribution in [0.1, 0.15) is 27.9 Å². The molecule has 102 valence electrons. The highest BCUT2D eigenvalue weighted by Crippen LogP contribution is 2.22. The van der Waals surface area contributed by atoms with Gasteiger partial charge in [0.1, 0.15) is 6.04 Å². The molecule has 6 heteroatoms. The van der Waals surface area contributed by atoms with Crippen molar-refractivity contribution in [1.29, 1.82) is 0 Å². The number of H-pyrrole nitrogens is 1. The molecule has 0 aromatic carbocycles. The predicted molar refractivity (Wildman–Crippen MR) is 74.0 cm³/mol. The summed E-state index contributed by atoms with van der Waals surface area (Å²) in [4.78, 5) is 13.1. The minimum atomic E-state index is -0.495. The number of hydrogen-bond donors (Lipinski definition) is 2. The normalized spacial score (nSPS) is 12.4. The van der Waals surface area contributed by atoms with E-state index < -0.39 is 6.04 Å². The molecule has 2 rings (SSSR count). The molecule has 0 radical (unpaired) electrons. The molecule has 0 aliphatic heterocycles. The smallest absolute Gasteiger partial charge is 0.327 e. The van der Waals surface area contributed by atoms with Gasteiger partial charge in [-0.3, -0.25) is 10.4 Å². The average Bonchev–Trinajstić information content (AvgIpc) is 3.02. The zero-order valence-corrected chi connectivity index (χ0v) is 12.0. The maximum Gasteiger partial charge on any atom is 0.327 e. The fourth-order valence-corrected chi connectivity index (χ4v) is 2.68. The van der Waals surface area contributed by atoms with Crippen LogP contribution in [0.5, 0.6) is 0 Å². The molecule has 5 nitrogen and oxygen atoms in total. The summed E-state index contributed by atoms with van der Waals surface area (Å²) in [6, 6.07) is 3.52. The summed E-state index contributed by atoms with van der Waals surface area (Å²) >= 11 is 1.65. The van der Waals surface area contributed by atoms with Crippen LogP contribution in [0, 0.1) is 13.8 Å². The van der Waals surface area contributed by atoms with Gasteiger partial charge in [-0.1, -0.05) is 6.07 Å². The molecule has 1 atom stereocenters. The SMILES string of the molecule is COC(=O)C(NCc1cccs1)c1c(C)n[nH]c1C. The van der Waals surface area contributed by atoms with Gasteiger partial charge in [-0.25, -0.2) is 4.79 Å². The number of methoxy groups -OCH3 is 1. The fraction of sp³-hybridized carbons (Fsp3) is 0.385. The van der Waals surface area contributed by atoms with Gasteiger partial charge in [-0.15, -0.1) is 11.3 Å². The maximum atomic E-state index is 12.0. The van der Waals surface area contributed by atoms with Gasteiger partial charge in [0.2, 0.25) is 0 Å². The van der Waals surface area contributed by atoms with Crippen molar-refractivity contribution in [2.75, 3.05) is 7.11 Å². The van der Waals surface area contributed by atoms with E-state index in [9.17, 15) is 4.79 Å². The van der Waals surface area contributed by atoms with Crippen molar-refractivity contribution in [2.24, 2.45) is 0 Å². The van der Waals surface area contributed by atoms with Gasteiger partial charge in [-0.2, -0.15) is 5.10 Å². The number of thiophene rings is 1. The topological polar surface area (TPSA) is 67.0 Å². The first-order valence-corrected chi connectivity index (χ1v) is 6.86. The van der Waals surface area contributed by atoms with Crippen molar-refractivity contribution >= 4 is 17.3 Å². The molecule has 0 aliphatic carbocycles. The van der Waals surface area contributed by atoms with E-state index in [1.54, 1.807) is 11.3 Å². The van der Waals surface area contributed by atoms with Crippen LogP contribution in [-0.4, -0.2) is 23.3 Å². The molecule has 0 saturated carbocycles. The van der Waals surface area contributed by atoms with Crippen LogP contribution in [0.25, 0.3) is 0 Å². The number of ether oxygens (including phenoxy) is 1. The second kappa shape index (κ2) is 5.99. The van der Waals surface area contributed by atoms with Crippen molar-refractivity contribution in [3.63, 3.8) is 0 Å². The lowest BCUT2D eigenvalue weighted by molar-refractivity contribution is -0.143. The quantitative estimate of drug-likeness (QED) is 0.822. The minimum Gasteiger partial charge on any atom is -0.468 e. The lowest BCUT2D eigenvalue weighted by atomic mass is 10.1. The largest absolute Gasteiger partial charge is 0.468 e. The Labute approximate surface area is 116 Å². The van der Waals surface area contributed by atoms with Crippen LogP contribution < -0.4 is 5.32 Å². The second-order valence-electron chi connectivity index (χ2n) is 4.26. The summed E-state index contributed by atoms with van der Waals surface area (Å²) in [5, 5.41) is 12.3. The maximum absolute atomic E-state index is 12.0. The Morgan fingerprint density at radius 3 is 2.89 bits per heavy atom. The third-order valence-electron chi connectivity index (χ3n) is 2.97. The predicted octanol–water partition coefficient (Wildman–Crippen LogP) is 2.09. The van der Waals surface area contributed by atoms with Crippen LogP contribution in [0.15, 0.2) is 17.5 Å². The molecular formula is C13H17N3O2S. The summed E-state index contributed by atoms with van der Waals surface area (Å²) in [6.07, 6.45) is 0. The highest BCUT2D eigenvalue weighted by atomic mass is 32.1. The summed E-state index contributed by atoms with van der Waals surface area (Å²) in [5.74, 6) is -0.302. The molecule has 2 heterocycles. The van der Waals surface area contributed by atoms with Gasteiger partial charge in [0.25, 0.3) is 0 Å².